The number of imidazole rings is 1. The molecule has 2 heterocycles. The number of hydrogen-bond acceptors (Lipinski definition) is 2. The average Bonchev–Trinajstić information content (AvgIpc) is 3.16. The van der Waals surface area contributed by atoms with Crippen LogP contribution in [0.5, 0.6) is 0 Å². The highest BCUT2D eigenvalue weighted by Gasteiger charge is 2.28. The van der Waals surface area contributed by atoms with Crippen LogP contribution in [0.25, 0.3) is 11.3 Å². The number of carbonyl (C=O) groups excluding carboxylic acids is 1. The number of carbonyl (C=O) groups is 1. The van der Waals surface area contributed by atoms with Gasteiger partial charge in [0.2, 0.25) is 0 Å². The summed E-state index contributed by atoms with van der Waals surface area (Å²) in [7, 11) is 0. The first kappa shape index (κ1) is 14.5. The van der Waals surface area contributed by atoms with E-state index >= 15 is 0 Å². The fraction of sp³-hybridized carbons (Fsp3) is 0.158. The number of aromatic nitrogens is 2. The first-order valence-electron chi connectivity index (χ1n) is 7.95. The molecule has 4 rings (SSSR count). The topological polar surface area (TPSA) is 59.0 Å². The highest BCUT2D eigenvalue weighted by atomic mass is 16.2. The summed E-state index contributed by atoms with van der Waals surface area (Å²) in [6, 6.07) is 15.9. The molecular formula is C19H18N4O. The average molecular weight is 318 g/mol. The summed E-state index contributed by atoms with van der Waals surface area (Å²) in [6.45, 7) is 2.53. The van der Waals surface area contributed by atoms with Crippen molar-refractivity contribution < 1.29 is 4.79 Å². The maximum atomic E-state index is 12.2. The Bertz CT molecular complexity index is 882. The van der Waals surface area contributed by atoms with Crippen LogP contribution in [0.1, 0.15) is 17.2 Å². The molecule has 0 spiro atoms. The van der Waals surface area contributed by atoms with Crippen LogP contribution >= 0.6 is 0 Å². The second-order valence-electron chi connectivity index (χ2n) is 5.99. The minimum Gasteiger partial charge on any atom is -0.335 e. The predicted molar refractivity (Wildman–Crippen MR) is 94.0 cm³/mol. The smallest absolute Gasteiger partial charge is 0.319 e. The van der Waals surface area contributed by atoms with Crippen LogP contribution in [-0.2, 0) is 0 Å². The Labute approximate surface area is 140 Å². The van der Waals surface area contributed by atoms with E-state index in [4.69, 9.17) is 0 Å². The zero-order chi connectivity index (χ0) is 16.5. The van der Waals surface area contributed by atoms with Crippen molar-refractivity contribution in [2.75, 3.05) is 11.9 Å². The van der Waals surface area contributed by atoms with Gasteiger partial charge in [-0.2, -0.15) is 0 Å². The molecule has 2 amide bonds. The maximum Gasteiger partial charge on any atom is 0.319 e. The second kappa shape index (κ2) is 5.85. The zero-order valence-electron chi connectivity index (χ0n) is 13.4. The third-order valence-corrected chi connectivity index (χ3v) is 4.36. The number of hydrogen-bond donors (Lipinski definition) is 2. The molecule has 2 aromatic carbocycles. The number of nitrogens with one attached hydrogen (secondary N) is 2. The van der Waals surface area contributed by atoms with E-state index in [0.29, 0.717) is 6.54 Å². The van der Waals surface area contributed by atoms with Crippen LogP contribution in [0.4, 0.5) is 10.5 Å². The summed E-state index contributed by atoms with van der Waals surface area (Å²) in [5, 5.41) is 5.82. The summed E-state index contributed by atoms with van der Waals surface area (Å²) in [5.74, 6) is 0. The number of amides is 2. The Kier molecular flexibility index (Phi) is 3.54. The minimum absolute atomic E-state index is 0.0717. The lowest BCUT2D eigenvalue weighted by atomic mass is 10.0. The third-order valence-electron chi connectivity index (χ3n) is 4.36. The summed E-state index contributed by atoms with van der Waals surface area (Å²) in [4.78, 5) is 16.4. The van der Waals surface area contributed by atoms with Gasteiger partial charge in [0.1, 0.15) is 0 Å². The monoisotopic (exact) mass is 318 g/mol. The van der Waals surface area contributed by atoms with E-state index in [-0.39, 0.29) is 12.1 Å². The van der Waals surface area contributed by atoms with E-state index in [1.54, 1.807) is 0 Å². The van der Waals surface area contributed by atoms with Gasteiger partial charge in [0.25, 0.3) is 0 Å². The Morgan fingerprint density at radius 1 is 1.17 bits per heavy atom. The van der Waals surface area contributed by atoms with Crippen molar-refractivity contribution in [1.82, 2.24) is 14.9 Å². The Morgan fingerprint density at radius 3 is 2.79 bits per heavy atom. The third kappa shape index (κ3) is 2.54. The van der Waals surface area contributed by atoms with Crippen molar-refractivity contribution in [3.05, 3.63) is 72.2 Å². The molecule has 0 bridgehead atoms. The zero-order valence-corrected chi connectivity index (χ0v) is 13.4. The van der Waals surface area contributed by atoms with Crippen molar-refractivity contribution in [3.63, 3.8) is 0 Å². The molecule has 1 aromatic heterocycles. The predicted octanol–water partition coefficient (Wildman–Crippen LogP) is 3.58. The van der Waals surface area contributed by atoms with Crippen LogP contribution in [0.2, 0.25) is 0 Å². The molecule has 3 aromatic rings. The number of urea groups is 1. The molecule has 1 unspecified atom stereocenters. The maximum absolute atomic E-state index is 12.2. The van der Waals surface area contributed by atoms with Crippen molar-refractivity contribution in [2.24, 2.45) is 0 Å². The van der Waals surface area contributed by atoms with E-state index in [2.05, 4.69) is 32.3 Å². The molecule has 0 saturated heterocycles. The molecule has 0 saturated carbocycles. The lowest BCUT2D eigenvalue weighted by molar-refractivity contribution is 0.251. The van der Waals surface area contributed by atoms with Gasteiger partial charge in [0.05, 0.1) is 24.3 Å². The number of nitrogens with zero attached hydrogens (tertiary/aromatic N) is 2. The first-order valence-corrected chi connectivity index (χ1v) is 7.95. The number of rotatable bonds is 3. The van der Waals surface area contributed by atoms with Crippen LogP contribution in [0, 0.1) is 6.92 Å². The lowest BCUT2D eigenvalue weighted by Crippen LogP contribution is -2.33. The largest absolute Gasteiger partial charge is 0.335 e. The van der Waals surface area contributed by atoms with E-state index in [1.165, 1.54) is 11.1 Å². The summed E-state index contributed by atoms with van der Waals surface area (Å²) >= 11 is 0. The Hall–Kier alpha value is -3.08. The minimum atomic E-state index is -0.204. The first-order chi connectivity index (χ1) is 11.7. The number of benzene rings is 2. The summed E-state index contributed by atoms with van der Waals surface area (Å²) < 4.78 is 2.11. The van der Waals surface area contributed by atoms with Gasteiger partial charge in [-0.1, -0.05) is 42.0 Å². The normalized spacial score (nSPS) is 14.8. The van der Waals surface area contributed by atoms with Gasteiger partial charge < -0.3 is 15.2 Å². The standard InChI is InChI=1S/C19H18N4O/c1-13-6-8-14(9-7-13)22-19(24)21-11-18-16-5-3-2-4-15(16)17-10-20-12-23(17)18/h2-10,12,18H,11H2,1H3,(H2,21,22,24). The molecule has 1 atom stereocenters. The van der Waals surface area contributed by atoms with Gasteiger partial charge in [-0.15, -0.1) is 0 Å². The molecule has 1 aliphatic heterocycles. The van der Waals surface area contributed by atoms with Crippen LogP contribution in [0.15, 0.2) is 61.1 Å². The van der Waals surface area contributed by atoms with E-state index in [9.17, 15) is 4.79 Å². The lowest BCUT2D eigenvalue weighted by Gasteiger charge is -2.16. The molecule has 2 N–H and O–H groups in total. The van der Waals surface area contributed by atoms with Crippen molar-refractivity contribution >= 4 is 11.7 Å². The van der Waals surface area contributed by atoms with Crippen molar-refractivity contribution in [1.29, 1.82) is 0 Å². The SMILES string of the molecule is Cc1ccc(NC(=O)NCC2c3ccccc3-c3cncn32)cc1. The van der Waals surface area contributed by atoms with Gasteiger partial charge in [0, 0.05) is 17.8 Å². The molecule has 0 aliphatic carbocycles. The molecule has 0 fully saturated rings. The molecule has 5 nitrogen and oxygen atoms in total. The molecular weight excluding hydrogens is 300 g/mol. The Morgan fingerprint density at radius 2 is 1.96 bits per heavy atom. The fourth-order valence-corrected chi connectivity index (χ4v) is 3.14. The fourth-order valence-electron chi connectivity index (χ4n) is 3.14. The highest BCUT2D eigenvalue weighted by Crippen LogP contribution is 2.38. The van der Waals surface area contributed by atoms with Crippen LogP contribution < -0.4 is 10.6 Å². The Balaban J connectivity index is 1.46. The van der Waals surface area contributed by atoms with Gasteiger partial charge in [-0.3, -0.25) is 0 Å². The van der Waals surface area contributed by atoms with E-state index in [1.807, 2.05) is 55.8 Å². The van der Waals surface area contributed by atoms with Gasteiger partial charge in [-0.05, 0) is 24.6 Å². The number of fused-ring (bicyclic) bond motifs is 3. The van der Waals surface area contributed by atoms with Crippen LogP contribution in [-0.4, -0.2) is 22.1 Å². The van der Waals surface area contributed by atoms with Crippen LogP contribution in [0.3, 0.4) is 0 Å². The molecule has 120 valence electrons. The molecule has 24 heavy (non-hydrogen) atoms. The molecule has 5 heteroatoms. The summed E-state index contributed by atoms with van der Waals surface area (Å²) in [5.41, 5.74) is 5.44. The quantitative estimate of drug-likeness (QED) is 0.775. The van der Waals surface area contributed by atoms with E-state index in [0.717, 1.165) is 16.9 Å². The second-order valence-corrected chi connectivity index (χ2v) is 5.99. The van der Waals surface area contributed by atoms with Gasteiger partial charge in [0.15, 0.2) is 0 Å². The number of aryl methyl sites for hydroxylation is 1. The molecule has 0 radical (unpaired) electrons. The van der Waals surface area contributed by atoms with E-state index < -0.39 is 0 Å². The highest BCUT2D eigenvalue weighted by molar-refractivity contribution is 5.89. The number of anilines is 1. The van der Waals surface area contributed by atoms with Crippen molar-refractivity contribution in [2.45, 2.75) is 13.0 Å². The van der Waals surface area contributed by atoms with Crippen molar-refractivity contribution in [3.8, 4) is 11.3 Å². The summed E-state index contributed by atoms with van der Waals surface area (Å²) in [6.07, 6.45) is 3.69. The molecule has 1 aliphatic rings. The van der Waals surface area contributed by atoms with Gasteiger partial charge in [-0.25, -0.2) is 9.78 Å². The van der Waals surface area contributed by atoms with Gasteiger partial charge >= 0.3 is 6.03 Å².